The molecule has 1 unspecified atom stereocenters. The van der Waals surface area contributed by atoms with Gasteiger partial charge in [0.05, 0.1) is 5.75 Å². The zero-order valence-electron chi connectivity index (χ0n) is 8.85. The van der Waals surface area contributed by atoms with Gasteiger partial charge >= 0.3 is 0 Å². The van der Waals surface area contributed by atoms with Gasteiger partial charge in [0.1, 0.15) is 9.84 Å². The number of sulfone groups is 1. The van der Waals surface area contributed by atoms with Gasteiger partial charge in [-0.3, -0.25) is 0 Å². The van der Waals surface area contributed by atoms with Gasteiger partial charge in [-0.25, -0.2) is 8.42 Å². The molecule has 0 bridgehead atoms. The lowest BCUT2D eigenvalue weighted by Crippen LogP contribution is -2.13. The van der Waals surface area contributed by atoms with E-state index in [1.54, 1.807) is 18.3 Å². The summed E-state index contributed by atoms with van der Waals surface area (Å²) in [6, 6.07) is 3.93. The van der Waals surface area contributed by atoms with Crippen LogP contribution < -0.4 is 5.73 Å². The number of rotatable bonds is 6. The molecule has 86 valence electrons. The smallest absolute Gasteiger partial charge is 0.150 e. The Kier molecular flexibility index (Phi) is 4.76. The lowest BCUT2D eigenvalue weighted by atomic mass is 10.1. The second-order valence-corrected chi connectivity index (χ2v) is 6.95. The largest absolute Gasteiger partial charge is 0.323 e. The van der Waals surface area contributed by atoms with Gasteiger partial charge in [-0.2, -0.15) is 0 Å². The van der Waals surface area contributed by atoms with Gasteiger partial charge in [-0.1, -0.05) is 13.0 Å². The quantitative estimate of drug-likeness (QED) is 0.836. The first-order valence-corrected chi connectivity index (χ1v) is 7.74. The molecule has 3 nitrogen and oxygen atoms in total. The van der Waals surface area contributed by atoms with E-state index in [2.05, 4.69) is 0 Å². The van der Waals surface area contributed by atoms with E-state index in [0.717, 1.165) is 11.3 Å². The monoisotopic (exact) mass is 247 g/mol. The van der Waals surface area contributed by atoms with Crippen molar-refractivity contribution in [3.63, 3.8) is 0 Å². The molecule has 1 aromatic rings. The summed E-state index contributed by atoms with van der Waals surface area (Å²) in [4.78, 5) is 1.13. The number of nitrogens with two attached hydrogens (primary N) is 1. The molecular weight excluding hydrogens is 230 g/mol. The summed E-state index contributed by atoms with van der Waals surface area (Å²) in [5.41, 5.74) is 5.93. The zero-order chi connectivity index (χ0) is 11.3. The van der Waals surface area contributed by atoms with Crippen molar-refractivity contribution in [2.24, 2.45) is 5.73 Å². The fraction of sp³-hybridized carbons (Fsp3) is 0.600. The molecule has 0 saturated carbocycles. The Labute approximate surface area is 95.2 Å². The van der Waals surface area contributed by atoms with E-state index >= 15 is 0 Å². The van der Waals surface area contributed by atoms with Gasteiger partial charge in [0.25, 0.3) is 0 Å². The van der Waals surface area contributed by atoms with Crippen LogP contribution in [0.2, 0.25) is 0 Å². The molecule has 0 aliphatic heterocycles. The van der Waals surface area contributed by atoms with E-state index < -0.39 is 9.84 Å². The molecule has 1 aromatic heterocycles. The van der Waals surface area contributed by atoms with Crippen LogP contribution in [0.5, 0.6) is 0 Å². The maximum Gasteiger partial charge on any atom is 0.150 e. The fourth-order valence-electron chi connectivity index (χ4n) is 1.31. The highest BCUT2D eigenvalue weighted by atomic mass is 32.2. The molecule has 1 atom stereocenters. The molecule has 1 rings (SSSR count). The fourth-order valence-corrected chi connectivity index (χ4v) is 2.97. The first-order chi connectivity index (χ1) is 7.05. The predicted molar refractivity (Wildman–Crippen MR) is 64.8 cm³/mol. The van der Waals surface area contributed by atoms with Crippen LogP contribution in [-0.4, -0.2) is 19.9 Å². The topological polar surface area (TPSA) is 60.2 Å². The molecule has 0 aliphatic carbocycles. The molecule has 0 radical (unpaired) electrons. The van der Waals surface area contributed by atoms with E-state index in [-0.39, 0.29) is 17.5 Å². The van der Waals surface area contributed by atoms with Crippen molar-refractivity contribution in [3.8, 4) is 0 Å². The Bertz CT molecular complexity index is 370. The maximum absolute atomic E-state index is 11.2. The maximum atomic E-state index is 11.2. The first kappa shape index (κ1) is 12.7. The summed E-state index contributed by atoms with van der Waals surface area (Å²) in [6.45, 7) is 1.68. The van der Waals surface area contributed by atoms with Crippen molar-refractivity contribution in [1.82, 2.24) is 0 Å². The summed E-state index contributed by atoms with van der Waals surface area (Å²) in [7, 11) is -2.84. The van der Waals surface area contributed by atoms with Crippen LogP contribution in [0.15, 0.2) is 17.5 Å². The van der Waals surface area contributed by atoms with E-state index in [1.807, 2.05) is 17.5 Å². The Morgan fingerprint density at radius 1 is 1.53 bits per heavy atom. The standard InChI is InChI=1S/C10H17NO2S2/c1-2-15(12,13)8-4-5-9(11)10-6-3-7-14-10/h3,6-7,9H,2,4-5,8,11H2,1H3. The highest BCUT2D eigenvalue weighted by Crippen LogP contribution is 2.20. The molecule has 0 aromatic carbocycles. The lowest BCUT2D eigenvalue weighted by molar-refractivity contribution is 0.585. The molecule has 2 N–H and O–H groups in total. The van der Waals surface area contributed by atoms with Crippen molar-refractivity contribution >= 4 is 21.2 Å². The van der Waals surface area contributed by atoms with Crippen LogP contribution in [0.25, 0.3) is 0 Å². The highest BCUT2D eigenvalue weighted by molar-refractivity contribution is 7.91. The van der Waals surface area contributed by atoms with E-state index in [9.17, 15) is 8.42 Å². The zero-order valence-corrected chi connectivity index (χ0v) is 10.5. The minimum absolute atomic E-state index is 0.0166. The third-order valence-electron chi connectivity index (χ3n) is 2.32. The number of thiophene rings is 1. The van der Waals surface area contributed by atoms with Crippen molar-refractivity contribution in [3.05, 3.63) is 22.4 Å². The third kappa shape index (κ3) is 4.32. The molecule has 0 saturated heterocycles. The van der Waals surface area contributed by atoms with E-state index in [1.165, 1.54) is 0 Å². The van der Waals surface area contributed by atoms with E-state index in [0.29, 0.717) is 6.42 Å². The Morgan fingerprint density at radius 2 is 2.27 bits per heavy atom. The summed E-state index contributed by atoms with van der Waals surface area (Å²) in [5, 5.41) is 1.98. The molecule has 0 aliphatic rings. The van der Waals surface area contributed by atoms with E-state index in [4.69, 9.17) is 5.73 Å². The molecule has 15 heavy (non-hydrogen) atoms. The van der Waals surface area contributed by atoms with Crippen molar-refractivity contribution in [2.75, 3.05) is 11.5 Å². The molecule has 0 spiro atoms. The predicted octanol–water partition coefficient (Wildman–Crippen LogP) is 1.96. The van der Waals surface area contributed by atoms with Crippen LogP contribution >= 0.6 is 11.3 Å². The Balaban J connectivity index is 2.33. The molecule has 1 heterocycles. The van der Waals surface area contributed by atoms with Crippen LogP contribution in [-0.2, 0) is 9.84 Å². The summed E-state index contributed by atoms with van der Waals surface area (Å²) in [5.74, 6) is 0.476. The summed E-state index contributed by atoms with van der Waals surface area (Å²) < 4.78 is 22.5. The van der Waals surface area contributed by atoms with Crippen molar-refractivity contribution in [1.29, 1.82) is 0 Å². The minimum atomic E-state index is -2.84. The van der Waals surface area contributed by atoms with Crippen LogP contribution in [0.3, 0.4) is 0 Å². The minimum Gasteiger partial charge on any atom is -0.323 e. The molecular formula is C10H17NO2S2. The van der Waals surface area contributed by atoms with Gasteiger partial charge < -0.3 is 5.73 Å². The van der Waals surface area contributed by atoms with Gasteiger partial charge in [-0.05, 0) is 24.3 Å². The normalized spacial score (nSPS) is 14.0. The first-order valence-electron chi connectivity index (χ1n) is 5.04. The van der Waals surface area contributed by atoms with Gasteiger partial charge in [0.15, 0.2) is 0 Å². The number of hydrogen-bond acceptors (Lipinski definition) is 4. The molecule has 5 heteroatoms. The van der Waals surface area contributed by atoms with Crippen LogP contribution in [0.4, 0.5) is 0 Å². The average Bonchev–Trinajstić information content (AvgIpc) is 2.70. The van der Waals surface area contributed by atoms with Crippen molar-refractivity contribution in [2.45, 2.75) is 25.8 Å². The van der Waals surface area contributed by atoms with Gasteiger partial charge in [0, 0.05) is 16.7 Å². The SMILES string of the molecule is CCS(=O)(=O)CCCC(N)c1cccs1. The van der Waals surface area contributed by atoms with Crippen LogP contribution in [0, 0.1) is 0 Å². The Hall–Kier alpha value is -0.390. The lowest BCUT2D eigenvalue weighted by Gasteiger charge is -2.08. The summed E-state index contributed by atoms with van der Waals surface area (Å²) in [6.07, 6.45) is 1.38. The third-order valence-corrected chi connectivity index (χ3v) is 5.11. The summed E-state index contributed by atoms with van der Waals surface area (Å²) >= 11 is 1.62. The number of hydrogen-bond donors (Lipinski definition) is 1. The average molecular weight is 247 g/mol. The molecule has 0 fully saturated rings. The van der Waals surface area contributed by atoms with Crippen LogP contribution in [0.1, 0.15) is 30.7 Å². The Morgan fingerprint density at radius 3 is 2.80 bits per heavy atom. The van der Waals surface area contributed by atoms with Gasteiger partial charge in [0.2, 0.25) is 0 Å². The van der Waals surface area contributed by atoms with Crippen molar-refractivity contribution < 1.29 is 8.42 Å². The second-order valence-electron chi connectivity index (χ2n) is 3.50. The van der Waals surface area contributed by atoms with Gasteiger partial charge in [-0.15, -0.1) is 11.3 Å². The molecule has 0 amide bonds. The highest BCUT2D eigenvalue weighted by Gasteiger charge is 2.10. The second kappa shape index (κ2) is 5.63.